The molecule has 0 fully saturated rings. The summed E-state index contributed by atoms with van der Waals surface area (Å²) in [5, 5.41) is 0. The molecule has 0 bridgehead atoms. The van der Waals surface area contributed by atoms with E-state index in [4.69, 9.17) is 0 Å². The van der Waals surface area contributed by atoms with Gasteiger partial charge in [-0.25, -0.2) is 4.79 Å². The first-order valence-corrected chi connectivity index (χ1v) is 4.76. The maximum Gasteiger partial charge on any atom is 0.422 e. The Morgan fingerprint density at radius 2 is 1.92 bits per heavy atom. The van der Waals surface area contributed by atoms with Crippen molar-refractivity contribution >= 4 is 16.4 Å². The maximum atomic E-state index is 10.7. The van der Waals surface area contributed by atoms with Crippen LogP contribution in [0.2, 0.25) is 0 Å². The molecule has 1 N–H and O–H groups in total. The Morgan fingerprint density at radius 1 is 1.33 bits per heavy atom. The van der Waals surface area contributed by atoms with Crippen LogP contribution < -0.4 is 4.72 Å². The first kappa shape index (κ1) is 11.2. The second kappa shape index (κ2) is 4.94. The standard InChI is InChI=1S/C5H11NO5S/c1-3-10-5(7)6-12(8,9)11-4-2/h3-4H2,1-2H3,(H,6,7). The smallest absolute Gasteiger partial charge is 0.422 e. The van der Waals surface area contributed by atoms with Crippen molar-refractivity contribution in [2.75, 3.05) is 13.2 Å². The van der Waals surface area contributed by atoms with E-state index >= 15 is 0 Å². The fraction of sp³-hybridized carbons (Fsp3) is 0.800. The number of hydrogen-bond donors (Lipinski definition) is 1. The van der Waals surface area contributed by atoms with Crippen LogP contribution in [0, 0.1) is 0 Å². The summed E-state index contributed by atoms with van der Waals surface area (Å²) in [4.78, 5) is 10.5. The van der Waals surface area contributed by atoms with Gasteiger partial charge in [0.25, 0.3) is 0 Å². The predicted molar refractivity (Wildman–Crippen MR) is 40.7 cm³/mol. The molecule has 0 saturated heterocycles. The summed E-state index contributed by atoms with van der Waals surface area (Å²) in [5.41, 5.74) is 0. The van der Waals surface area contributed by atoms with Crippen LogP contribution in [0.3, 0.4) is 0 Å². The summed E-state index contributed by atoms with van der Waals surface area (Å²) >= 11 is 0. The number of hydrogen-bond acceptors (Lipinski definition) is 5. The van der Waals surface area contributed by atoms with Gasteiger partial charge in [0.1, 0.15) is 0 Å². The molecular formula is C5H11NO5S. The van der Waals surface area contributed by atoms with Crippen LogP contribution in [0.4, 0.5) is 4.79 Å². The average molecular weight is 197 g/mol. The quantitative estimate of drug-likeness (QED) is 0.686. The fourth-order valence-corrected chi connectivity index (χ4v) is 1.08. The van der Waals surface area contributed by atoms with Crippen LogP contribution in [0.15, 0.2) is 0 Å². The van der Waals surface area contributed by atoms with E-state index in [0.717, 1.165) is 0 Å². The van der Waals surface area contributed by atoms with Gasteiger partial charge in [-0.1, -0.05) is 0 Å². The van der Waals surface area contributed by atoms with Gasteiger partial charge in [0.05, 0.1) is 13.2 Å². The molecule has 0 saturated carbocycles. The number of carbonyl (C=O) groups is 1. The molecule has 0 aromatic rings. The van der Waals surface area contributed by atoms with Crippen LogP contribution in [0.25, 0.3) is 0 Å². The lowest BCUT2D eigenvalue weighted by atomic mass is 10.9. The van der Waals surface area contributed by atoms with E-state index in [2.05, 4.69) is 8.92 Å². The van der Waals surface area contributed by atoms with Crippen LogP contribution in [0.5, 0.6) is 0 Å². The summed E-state index contributed by atoms with van der Waals surface area (Å²) in [7, 11) is -3.98. The molecule has 0 unspecified atom stereocenters. The van der Waals surface area contributed by atoms with Crippen molar-refractivity contribution in [3.63, 3.8) is 0 Å². The first-order chi connectivity index (χ1) is 5.52. The van der Waals surface area contributed by atoms with Crippen molar-refractivity contribution in [3.8, 4) is 0 Å². The number of rotatable bonds is 4. The second-order valence-corrected chi connectivity index (χ2v) is 3.03. The molecule has 0 aromatic heterocycles. The van der Waals surface area contributed by atoms with E-state index in [1.54, 1.807) is 11.6 Å². The van der Waals surface area contributed by atoms with Crippen LogP contribution in [-0.2, 0) is 19.2 Å². The van der Waals surface area contributed by atoms with E-state index < -0.39 is 16.4 Å². The van der Waals surface area contributed by atoms with Crippen molar-refractivity contribution < 1.29 is 22.1 Å². The highest BCUT2D eigenvalue weighted by atomic mass is 32.2. The van der Waals surface area contributed by atoms with Crippen molar-refractivity contribution in [3.05, 3.63) is 0 Å². The molecule has 12 heavy (non-hydrogen) atoms. The van der Waals surface area contributed by atoms with Gasteiger partial charge < -0.3 is 4.74 Å². The molecule has 6 nitrogen and oxygen atoms in total. The lowest BCUT2D eigenvalue weighted by Gasteiger charge is -2.04. The normalized spacial score (nSPS) is 10.8. The zero-order chi connectivity index (χ0) is 9.61. The highest BCUT2D eigenvalue weighted by molar-refractivity contribution is 7.85. The third-order valence-corrected chi connectivity index (χ3v) is 1.72. The lowest BCUT2D eigenvalue weighted by molar-refractivity contribution is 0.157. The van der Waals surface area contributed by atoms with Gasteiger partial charge in [0.2, 0.25) is 0 Å². The summed E-state index contributed by atoms with van der Waals surface area (Å²) in [6.07, 6.45) is -1.04. The zero-order valence-electron chi connectivity index (χ0n) is 6.86. The van der Waals surface area contributed by atoms with Gasteiger partial charge in [-0.2, -0.15) is 13.1 Å². The van der Waals surface area contributed by atoms with E-state index in [1.165, 1.54) is 6.92 Å². The molecule has 0 aromatic carbocycles. The average Bonchev–Trinajstić information content (AvgIpc) is 1.85. The SMILES string of the molecule is CCOC(=O)NS(=O)(=O)OCC. The first-order valence-electron chi connectivity index (χ1n) is 3.35. The van der Waals surface area contributed by atoms with Gasteiger partial charge >= 0.3 is 16.4 Å². The Morgan fingerprint density at radius 3 is 2.33 bits per heavy atom. The van der Waals surface area contributed by atoms with Gasteiger partial charge in [-0.15, -0.1) is 0 Å². The second-order valence-electron chi connectivity index (χ2n) is 1.68. The molecule has 7 heteroatoms. The van der Waals surface area contributed by atoms with Crippen molar-refractivity contribution in [2.45, 2.75) is 13.8 Å². The van der Waals surface area contributed by atoms with Gasteiger partial charge in [-0.05, 0) is 13.8 Å². The molecule has 0 radical (unpaired) electrons. The highest BCUT2D eigenvalue weighted by Gasteiger charge is 2.14. The van der Waals surface area contributed by atoms with Crippen LogP contribution in [0.1, 0.15) is 13.8 Å². The summed E-state index contributed by atoms with van der Waals surface area (Å²) in [6.45, 7) is 3.12. The summed E-state index contributed by atoms with van der Waals surface area (Å²) in [6, 6.07) is 0. The molecular weight excluding hydrogens is 186 g/mol. The Balaban J connectivity index is 3.98. The minimum absolute atomic E-state index is 0.0330. The van der Waals surface area contributed by atoms with Crippen molar-refractivity contribution in [1.82, 2.24) is 4.72 Å². The third-order valence-electron chi connectivity index (χ3n) is 0.757. The van der Waals surface area contributed by atoms with E-state index in [-0.39, 0.29) is 13.2 Å². The van der Waals surface area contributed by atoms with E-state index in [1.807, 2.05) is 0 Å². The Labute approximate surface area is 71.1 Å². The minimum atomic E-state index is -3.98. The maximum absolute atomic E-state index is 10.7. The predicted octanol–water partition coefficient (Wildman–Crippen LogP) is 0.0138. The van der Waals surface area contributed by atoms with Crippen molar-refractivity contribution in [1.29, 1.82) is 0 Å². The molecule has 0 atom stereocenters. The molecule has 0 aliphatic heterocycles. The molecule has 0 spiro atoms. The summed E-state index contributed by atoms with van der Waals surface area (Å²) in [5.74, 6) is 0. The van der Waals surface area contributed by atoms with Gasteiger partial charge in [0.15, 0.2) is 0 Å². The van der Waals surface area contributed by atoms with E-state index in [9.17, 15) is 13.2 Å². The molecule has 72 valence electrons. The lowest BCUT2D eigenvalue weighted by Crippen LogP contribution is -2.32. The molecule has 0 aliphatic carbocycles. The number of amides is 1. The number of carbonyl (C=O) groups excluding carboxylic acids is 1. The van der Waals surface area contributed by atoms with Crippen LogP contribution in [-0.4, -0.2) is 27.7 Å². The Bertz CT molecular complexity index is 234. The van der Waals surface area contributed by atoms with E-state index in [0.29, 0.717) is 0 Å². The van der Waals surface area contributed by atoms with Crippen LogP contribution >= 0.6 is 0 Å². The monoisotopic (exact) mass is 197 g/mol. The highest BCUT2D eigenvalue weighted by Crippen LogP contribution is 1.88. The topological polar surface area (TPSA) is 81.7 Å². The fourth-order valence-electron chi connectivity index (χ4n) is 0.447. The summed E-state index contributed by atoms with van der Waals surface area (Å²) < 4.78 is 31.4. The number of ether oxygens (including phenoxy) is 1. The zero-order valence-corrected chi connectivity index (χ0v) is 7.68. The Kier molecular flexibility index (Phi) is 4.60. The molecule has 0 rings (SSSR count). The Hall–Kier alpha value is -0.820. The third kappa shape index (κ3) is 4.91. The molecule has 0 aliphatic rings. The van der Waals surface area contributed by atoms with Gasteiger partial charge in [-0.3, -0.25) is 4.18 Å². The largest absolute Gasteiger partial charge is 0.449 e. The number of nitrogens with one attached hydrogen (secondary N) is 1. The molecule has 0 heterocycles. The van der Waals surface area contributed by atoms with Gasteiger partial charge in [0, 0.05) is 0 Å². The molecule has 1 amide bonds. The minimum Gasteiger partial charge on any atom is -0.449 e. The van der Waals surface area contributed by atoms with Crippen molar-refractivity contribution in [2.24, 2.45) is 0 Å².